The van der Waals surface area contributed by atoms with Gasteiger partial charge in [-0.1, -0.05) is 85.8 Å². The molecule has 0 aliphatic carbocycles. The summed E-state index contributed by atoms with van der Waals surface area (Å²) in [5.74, 6) is 0. The molecule has 0 bridgehead atoms. The van der Waals surface area contributed by atoms with Crippen LogP contribution in [-0.2, 0) is 17.1 Å². The van der Waals surface area contributed by atoms with Gasteiger partial charge < -0.3 is 0 Å². The summed E-state index contributed by atoms with van der Waals surface area (Å²) in [5.41, 5.74) is 0. The van der Waals surface area contributed by atoms with Gasteiger partial charge in [-0.2, -0.15) is 0 Å². The van der Waals surface area contributed by atoms with Gasteiger partial charge in [0.2, 0.25) is 0 Å². The summed E-state index contributed by atoms with van der Waals surface area (Å²) in [6.45, 7) is 9.85. The fourth-order valence-electron chi connectivity index (χ4n) is 4.48. The summed E-state index contributed by atoms with van der Waals surface area (Å²) in [6.07, 6.45) is 1.26. The van der Waals surface area contributed by atoms with Crippen molar-refractivity contribution in [2.45, 2.75) is 18.9 Å². The van der Waals surface area contributed by atoms with Gasteiger partial charge in [0.1, 0.15) is 0 Å². The van der Waals surface area contributed by atoms with E-state index in [0.717, 1.165) is 0 Å². The molecule has 0 amide bonds. The van der Waals surface area contributed by atoms with Gasteiger partial charge in [0.25, 0.3) is 0 Å². The minimum Gasteiger partial charge on any atom is -0.0628 e. The molecule has 0 saturated heterocycles. The van der Waals surface area contributed by atoms with Crippen LogP contribution in [0.4, 0.5) is 0 Å². The molecule has 0 atom stereocenters. The molecule has 168 valence electrons. The van der Waals surface area contributed by atoms with E-state index in [9.17, 15) is 0 Å². The van der Waals surface area contributed by atoms with Crippen LogP contribution in [0, 0.1) is 0 Å². The molecule has 4 aromatic rings. The number of hydrogen-bond donors (Lipinski definition) is 0. The Kier molecular flexibility index (Phi) is 8.91. The molecule has 0 heterocycles. The van der Waals surface area contributed by atoms with Gasteiger partial charge in [-0.05, 0) is 40.8 Å². The fraction of sp³-hybridized carbons (Fsp3) is 0.214. The van der Waals surface area contributed by atoms with Crippen molar-refractivity contribution in [2.75, 3.05) is 19.5 Å². The normalized spacial score (nSPS) is 11.7. The van der Waals surface area contributed by atoms with Crippen molar-refractivity contribution in [3.63, 3.8) is 0 Å². The third kappa shape index (κ3) is 5.99. The van der Waals surface area contributed by atoms with Crippen molar-refractivity contribution in [3.05, 3.63) is 97.1 Å². The molecule has 0 fully saturated rings. The average Bonchev–Trinajstić information content (AvgIpc) is 2.78. The molecular formula is C28H33CuP2Si+2. The maximum Gasteiger partial charge on any atom is 0.0985 e. The van der Waals surface area contributed by atoms with E-state index in [0.29, 0.717) is 5.04 Å². The zero-order chi connectivity index (χ0) is 21.8. The minimum atomic E-state index is -0.827. The van der Waals surface area contributed by atoms with E-state index >= 15 is 0 Å². The molecule has 0 unspecified atom stereocenters. The summed E-state index contributed by atoms with van der Waals surface area (Å²) in [4.78, 5) is 0. The number of fused-ring (bicyclic) bond motifs is 1. The molecule has 0 aliphatic rings. The van der Waals surface area contributed by atoms with Crippen molar-refractivity contribution in [1.29, 1.82) is 0 Å². The smallest absolute Gasteiger partial charge is 0.0628 e. The predicted molar refractivity (Wildman–Crippen MR) is 150 cm³/mol. The van der Waals surface area contributed by atoms with E-state index in [-0.39, 0.29) is 26.6 Å². The largest absolute Gasteiger partial charge is 0.0985 e. The second kappa shape index (κ2) is 11.2. The van der Waals surface area contributed by atoms with Crippen LogP contribution in [0.15, 0.2) is 97.1 Å². The Balaban J connectivity index is 0.00000289. The number of hydrogen-bond acceptors (Lipinski definition) is 0. The quantitative estimate of drug-likeness (QED) is 0.235. The van der Waals surface area contributed by atoms with Crippen molar-refractivity contribution in [3.8, 4) is 0 Å². The van der Waals surface area contributed by atoms with Gasteiger partial charge in [-0.15, -0.1) is 0 Å². The first kappa shape index (κ1) is 25.4. The predicted octanol–water partition coefficient (Wildman–Crippen LogP) is 5.06. The molecule has 2 radical (unpaired) electrons. The van der Waals surface area contributed by atoms with Gasteiger partial charge >= 0.3 is 0 Å². The first-order valence-electron chi connectivity index (χ1n) is 11.1. The Hall–Kier alpha value is -1.26. The Labute approximate surface area is 209 Å². The van der Waals surface area contributed by atoms with Crippen molar-refractivity contribution < 1.29 is 17.1 Å². The van der Waals surface area contributed by atoms with Gasteiger partial charge in [0, 0.05) is 30.4 Å². The summed E-state index contributed by atoms with van der Waals surface area (Å²) >= 11 is 0. The van der Waals surface area contributed by atoms with Crippen LogP contribution in [0.25, 0.3) is 10.8 Å². The molecule has 0 spiro atoms. The van der Waals surface area contributed by atoms with Crippen LogP contribution in [0.3, 0.4) is 0 Å². The average molecular weight is 523 g/mol. The van der Waals surface area contributed by atoms with Crippen LogP contribution in [0.1, 0.15) is 13.8 Å². The topological polar surface area (TPSA) is 0 Å². The van der Waals surface area contributed by atoms with Gasteiger partial charge in [-0.3, -0.25) is 0 Å². The molecule has 0 N–H and O–H groups in total. The molecule has 0 saturated carbocycles. The molecule has 4 rings (SSSR count). The van der Waals surface area contributed by atoms with E-state index in [1.54, 1.807) is 15.9 Å². The zero-order valence-electron chi connectivity index (χ0n) is 19.3. The fourth-order valence-corrected chi connectivity index (χ4v) is 11.2. The summed E-state index contributed by atoms with van der Waals surface area (Å²) in [7, 11) is -1.17. The molecule has 32 heavy (non-hydrogen) atoms. The van der Waals surface area contributed by atoms with Crippen molar-refractivity contribution in [2.24, 2.45) is 0 Å². The van der Waals surface area contributed by atoms with E-state index in [2.05, 4.69) is 124 Å². The van der Waals surface area contributed by atoms with Crippen LogP contribution >= 0.6 is 15.8 Å². The van der Waals surface area contributed by atoms with E-state index in [1.807, 2.05) is 0 Å². The Morgan fingerprint density at radius 1 is 0.688 bits per heavy atom. The van der Waals surface area contributed by atoms with Crippen LogP contribution in [-0.4, -0.2) is 29.0 Å². The minimum absolute atomic E-state index is 0. The summed E-state index contributed by atoms with van der Waals surface area (Å²) in [5, 5.41) is 9.52. The first-order chi connectivity index (χ1) is 14.9. The Morgan fingerprint density at radius 2 is 1.22 bits per heavy atom. The first-order valence-corrected chi connectivity index (χ1v) is 16.5. The molecule has 4 heteroatoms. The van der Waals surface area contributed by atoms with Crippen LogP contribution in [0.2, 0.25) is 5.04 Å². The molecule has 0 aliphatic heterocycles. The Morgan fingerprint density at radius 3 is 1.75 bits per heavy atom. The van der Waals surface area contributed by atoms with Gasteiger partial charge in [0.15, 0.2) is 0 Å². The third-order valence-corrected chi connectivity index (χ3v) is 12.9. The maximum atomic E-state index is 2.50. The van der Waals surface area contributed by atoms with Crippen molar-refractivity contribution >= 4 is 57.2 Å². The Bertz CT molecular complexity index is 1100. The summed E-state index contributed by atoms with van der Waals surface area (Å²) < 4.78 is 0. The van der Waals surface area contributed by atoms with E-state index in [1.165, 1.54) is 22.2 Å². The van der Waals surface area contributed by atoms with Crippen molar-refractivity contribution in [1.82, 2.24) is 0 Å². The van der Waals surface area contributed by atoms with Gasteiger partial charge in [-0.25, -0.2) is 0 Å². The third-order valence-electron chi connectivity index (χ3n) is 5.90. The van der Waals surface area contributed by atoms with E-state index < -0.39 is 15.8 Å². The molecule has 0 nitrogen and oxygen atoms in total. The number of rotatable bonds is 7. The standard InChI is InChI=1S/C28H31P2Si.Cu/c1-28(2,21-30(23-15-7-5-8-16-23)24-17-9-6-10-18-24)31-26-20-12-14-22-13-11-19-25(27(22)26)29(3)4;/h5-20,31H,21H2,1-4H3;/p+2. The monoisotopic (exact) mass is 522 g/mol. The van der Waals surface area contributed by atoms with Crippen LogP contribution < -0.4 is 21.1 Å². The molecule has 4 aromatic carbocycles. The number of benzene rings is 4. The SMILES string of the molecule is C[PH+](C)c1cccc2cccc([SiH]C(C)(C)C[PH+](c3ccccc3)c3ccccc3)c12.[Cu]. The maximum absolute atomic E-state index is 2.50. The molecular weight excluding hydrogens is 490 g/mol. The second-order valence-electron chi connectivity index (χ2n) is 9.27. The van der Waals surface area contributed by atoms with Crippen LogP contribution in [0.5, 0.6) is 0 Å². The summed E-state index contributed by atoms with van der Waals surface area (Å²) in [6, 6.07) is 36.3. The van der Waals surface area contributed by atoms with Gasteiger partial charge in [0.05, 0.1) is 52.8 Å². The zero-order valence-corrected chi connectivity index (χ0v) is 23.4. The van der Waals surface area contributed by atoms with E-state index in [4.69, 9.17) is 0 Å². The molecule has 0 aromatic heterocycles. The second-order valence-corrected chi connectivity index (χ2v) is 16.7.